The van der Waals surface area contributed by atoms with Gasteiger partial charge < -0.3 is 4.98 Å². The van der Waals surface area contributed by atoms with Gasteiger partial charge in [0.25, 0.3) is 5.56 Å². The second-order valence-corrected chi connectivity index (χ2v) is 6.34. The van der Waals surface area contributed by atoms with Crippen molar-refractivity contribution in [3.63, 3.8) is 0 Å². The highest BCUT2D eigenvalue weighted by Gasteiger charge is 2.19. The van der Waals surface area contributed by atoms with Gasteiger partial charge in [0.15, 0.2) is 0 Å². The number of rotatable bonds is 3. The van der Waals surface area contributed by atoms with Gasteiger partial charge in [-0.15, -0.1) is 0 Å². The van der Waals surface area contributed by atoms with Crippen molar-refractivity contribution >= 4 is 0 Å². The summed E-state index contributed by atoms with van der Waals surface area (Å²) in [4.78, 5) is 26.7. The monoisotopic (exact) mass is 332 g/mol. The lowest BCUT2D eigenvalue weighted by molar-refractivity contribution is 0.279. The van der Waals surface area contributed by atoms with Crippen molar-refractivity contribution in [2.75, 3.05) is 13.1 Å². The molecule has 2 aromatic heterocycles. The molecule has 3 heterocycles. The quantitative estimate of drug-likeness (QED) is 0.800. The van der Waals surface area contributed by atoms with Crippen LogP contribution in [-0.4, -0.2) is 32.9 Å². The number of H-pyrrole nitrogens is 1. The van der Waals surface area contributed by atoms with Crippen LogP contribution in [0.2, 0.25) is 0 Å². The van der Waals surface area contributed by atoms with Gasteiger partial charge in [-0.1, -0.05) is 30.3 Å². The molecule has 0 atom stereocenters. The molecule has 0 amide bonds. The summed E-state index contributed by atoms with van der Waals surface area (Å²) in [5.74, 6) is 0.659. The predicted octanol–water partition coefficient (Wildman–Crippen LogP) is 2.43. The molecule has 3 aromatic rings. The van der Waals surface area contributed by atoms with Crippen molar-refractivity contribution in [1.82, 2.24) is 19.9 Å². The Morgan fingerprint density at radius 3 is 2.56 bits per heavy atom. The normalized spacial score (nSPS) is 14.7. The summed E-state index contributed by atoms with van der Waals surface area (Å²) in [6.07, 6.45) is 5.17. The van der Waals surface area contributed by atoms with Gasteiger partial charge in [0.05, 0.1) is 5.69 Å². The van der Waals surface area contributed by atoms with Crippen LogP contribution in [-0.2, 0) is 19.4 Å². The Kier molecular flexibility index (Phi) is 4.39. The average Bonchev–Trinajstić information content (AvgIpc) is 2.86. The van der Waals surface area contributed by atoms with Crippen LogP contribution in [0.25, 0.3) is 11.4 Å². The maximum Gasteiger partial charge on any atom is 0.254 e. The zero-order valence-corrected chi connectivity index (χ0v) is 14.0. The molecular formula is C20H20N4O. The van der Waals surface area contributed by atoms with Crippen LogP contribution < -0.4 is 5.56 Å². The molecule has 0 saturated heterocycles. The topological polar surface area (TPSA) is 61.9 Å². The highest BCUT2D eigenvalue weighted by molar-refractivity contribution is 5.54. The van der Waals surface area contributed by atoms with Crippen LogP contribution >= 0.6 is 0 Å². The van der Waals surface area contributed by atoms with Gasteiger partial charge in [-0.25, -0.2) is 4.98 Å². The number of pyridine rings is 1. The van der Waals surface area contributed by atoms with E-state index in [0.717, 1.165) is 49.3 Å². The summed E-state index contributed by atoms with van der Waals surface area (Å²) in [6.45, 7) is 2.64. The number of aromatic amines is 1. The Labute approximate surface area is 146 Å². The first-order chi connectivity index (χ1) is 12.3. The maximum absolute atomic E-state index is 12.6. The summed E-state index contributed by atoms with van der Waals surface area (Å²) in [7, 11) is 0. The average molecular weight is 332 g/mol. The fraction of sp³-hybridized carbons (Fsp3) is 0.250. The lowest BCUT2D eigenvalue weighted by Crippen LogP contribution is -2.26. The second-order valence-electron chi connectivity index (χ2n) is 6.34. The molecule has 1 aromatic carbocycles. The van der Waals surface area contributed by atoms with E-state index in [9.17, 15) is 4.79 Å². The second kappa shape index (κ2) is 6.99. The van der Waals surface area contributed by atoms with Gasteiger partial charge in [-0.3, -0.25) is 14.7 Å². The van der Waals surface area contributed by atoms with E-state index in [4.69, 9.17) is 4.98 Å². The minimum Gasteiger partial charge on any atom is -0.306 e. The fourth-order valence-corrected chi connectivity index (χ4v) is 3.29. The Morgan fingerprint density at radius 2 is 1.76 bits per heavy atom. The summed E-state index contributed by atoms with van der Waals surface area (Å²) in [5, 5.41) is 0. The van der Waals surface area contributed by atoms with Crippen molar-refractivity contribution in [3.8, 4) is 11.4 Å². The fourth-order valence-electron chi connectivity index (χ4n) is 3.29. The Balaban J connectivity index is 1.57. The zero-order chi connectivity index (χ0) is 17.1. The highest BCUT2D eigenvalue weighted by atomic mass is 16.1. The molecule has 0 bridgehead atoms. The third-order valence-electron chi connectivity index (χ3n) is 4.65. The molecule has 0 radical (unpaired) electrons. The van der Waals surface area contributed by atoms with Crippen LogP contribution in [0.4, 0.5) is 0 Å². The van der Waals surface area contributed by atoms with E-state index < -0.39 is 0 Å². The van der Waals surface area contributed by atoms with Crippen LogP contribution in [0.5, 0.6) is 0 Å². The van der Waals surface area contributed by atoms with Crippen LogP contribution in [0.15, 0.2) is 59.7 Å². The van der Waals surface area contributed by atoms with Crippen LogP contribution in [0.3, 0.4) is 0 Å². The van der Waals surface area contributed by atoms with Gasteiger partial charge in [0.1, 0.15) is 5.82 Å². The third-order valence-corrected chi connectivity index (χ3v) is 4.65. The smallest absolute Gasteiger partial charge is 0.254 e. The highest BCUT2D eigenvalue weighted by Crippen LogP contribution is 2.17. The molecule has 126 valence electrons. The number of hydrogen-bond acceptors (Lipinski definition) is 4. The van der Waals surface area contributed by atoms with E-state index in [-0.39, 0.29) is 5.56 Å². The van der Waals surface area contributed by atoms with Crippen molar-refractivity contribution in [1.29, 1.82) is 0 Å². The maximum atomic E-state index is 12.6. The number of nitrogens with one attached hydrogen (secondary N) is 1. The molecule has 25 heavy (non-hydrogen) atoms. The lowest BCUT2D eigenvalue weighted by Gasteiger charge is -2.19. The summed E-state index contributed by atoms with van der Waals surface area (Å²) >= 11 is 0. The summed E-state index contributed by atoms with van der Waals surface area (Å²) in [5.41, 5.74) is 3.94. The van der Waals surface area contributed by atoms with E-state index >= 15 is 0 Å². The predicted molar refractivity (Wildman–Crippen MR) is 97.2 cm³/mol. The molecule has 0 saturated carbocycles. The van der Waals surface area contributed by atoms with Gasteiger partial charge in [0, 0.05) is 49.6 Å². The van der Waals surface area contributed by atoms with Gasteiger partial charge in [-0.05, 0) is 24.1 Å². The van der Waals surface area contributed by atoms with Crippen molar-refractivity contribution in [3.05, 3.63) is 82.0 Å². The zero-order valence-electron chi connectivity index (χ0n) is 14.0. The molecule has 0 unspecified atom stereocenters. The molecule has 0 aliphatic carbocycles. The standard InChI is InChI=1S/C20H20N4O/c25-20-17-8-12-24(14-15-6-10-21-11-7-15)13-9-18(17)22-19(23-20)16-4-2-1-3-5-16/h1-7,10-11H,8-9,12-14H2,(H,22,23,25). The van der Waals surface area contributed by atoms with E-state index in [1.807, 2.05) is 54.9 Å². The number of benzene rings is 1. The van der Waals surface area contributed by atoms with Gasteiger partial charge >= 0.3 is 0 Å². The number of nitrogens with zero attached hydrogens (tertiary/aromatic N) is 3. The number of aromatic nitrogens is 3. The molecular weight excluding hydrogens is 312 g/mol. The van der Waals surface area contributed by atoms with E-state index in [2.05, 4.69) is 14.9 Å². The van der Waals surface area contributed by atoms with E-state index in [0.29, 0.717) is 5.82 Å². The minimum absolute atomic E-state index is 0.00499. The van der Waals surface area contributed by atoms with Crippen LogP contribution in [0.1, 0.15) is 16.8 Å². The first kappa shape index (κ1) is 15.7. The van der Waals surface area contributed by atoms with E-state index in [1.54, 1.807) is 0 Å². The largest absolute Gasteiger partial charge is 0.306 e. The molecule has 5 nitrogen and oxygen atoms in total. The molecule has 0 fully saturated rings. The van der Waals surface area contributed by atoms with Crippen LogP contribution in [0, 0.1) is 0 Å². The molecule has 1 aliphatic heterocycles. The molecule has 4 rings (SSSR count). The Bertz CT molecular complexity index is 906. The number of hydrogen-bond donors (Lipinski definition) is 1. The van der Waals surface area contributed by atoms with Crippen molar-refractivity contribution in [2.45, 2.75) is 19.4 Å². The molecule has 5 heteroatoms. The summed E-state index contributed by atoms with van der Waals surface area (Å²) < 4.78 is 0. The number of fused-ring (bicyclic) bond motifs is 1. The van der Waals surface area contributed by atoms with E-state index in [1.165, 1.54) is 5.56 Å². The lowest BCUT2D eigenvalue weighted by atomic mass is 10.1. The SMILES string of the molecule is O=c1[nH]c(-c2ccccc2)nc2c1CCN(Cc1ccncc1)CC2. The third kappa shape index (κ3) is 3.51. The van der Waals surface area contributed by atoms with Gasteiger partial charge in [0.2, 0.25) is 0 Å². The molecule has 1 N–H and O–H groups in total. The Hall–Kier alpha value is -2.79. The minimum atomic E-state index is -0.00499. The first-order valence-corrected chi connectivity index (χ1v) is 8.58. The molecule has 0 spiro atoms. The van der Waals surface area contributed by atoms with Crippen molar-refractivity contribution < 1.29 is 0 Å². The first-order valence-electron chi connectivity index (χ1n) is 8.58. The Morgan fingerprint density at radius 1 is 1.00 bits per heavy atom. The summed E-state index contributed by atoms with van der Waals surface area (Å²) in [6, 6.07) is 13.9. The van der Waals surface area contributed by atoms with Crippen molar-refractivity contribution in [2.24, 2.45) is 0 Å². The van der Waals surface area contributed by atoms with Gasteiger partial charge in [-0.2, -0.15) is 0 Å². The molecule has 1 aliphatic rings.